The number of alkyl halides is 4. The zero-order valence-corrected chi connectivity index (χ0v) is 12.6. The van der Waals surface area contributed by atoms with Crippen molar-refractivity contribution in [3.05, 3.63) is 65.7 Å². The summed E-state index contributed by atoms with van der Waals surface area (Å²) in [7, 11) is 0. The number of rotatable bonds is 5. The number of hydrogen-bond acceptors (Lipinski definition) is 2. The minimum atomic E-state index is -4.83. The van der Waals surface area contributed by atoms with Gasteiger partial charge in [0.05, 0.1) is 6.04 Å². The van der Waals surface area contributed by atoms with E-state index >= 15 is 0 Å². The maximum atomic E-state index is 12.6. The van der Waals surface area contributed by atoms with Crippen LogP contribution in [0.5, 0.6) is 5.75 Å². The lowest BCUT2D eigenvalue weighted by atomic mass is 9.98. The van der Waals surface area contributed by atoms with Crippen molar-refractivity contribution >= 4 is 17.5 Å². The molecule has 1 amide bonds. The number of carbonyl (C=O) groups excluding carboxylic acids is 1. The lowest BCUT2D eigenvalue weighted by molar-refractivity contribution is -0.274. The third kappa shape index (κ3) is 4.89. The van der Waals surface area contributed by atoms with Gasteiger partial charge in [0, 0.05) is 5.56 Å². The van der Waals surface area contributed by atoms with E-state index in [1.165, 1.54) is 18.2 Å². The minimum absolute atomic E-state index is 0.189. The number of ether oxygens (including phenoxy) is 1. The first-order valence-corrected chi connectivity index (χ1v) is 7.19. The van der Waals surface area contributed by atoms with E-state index in [-0.39, 0.29) is 17.2 Å². The molecule has 0 aromatic heterocycles. The van der Waals surface area contributed by atoms with E-state index in [1.807, 2.05) is 0 Å². The number of nitrogens with one attached hydrogen (secondary N) is 1. The van der Waals surface area contributed by atoms with Gasteiger partial charge in [-0.15, -0.1) is 24.8 Å². The predicted molar refractivity (Wildman–Crippen MR) is 80.3 cm³/mol. The molecule has 2 rings (SSSR count). The summed E-state index contributed by atoms with van der Waals surface area (Å²) < 4.78 is 41.8. The van der Waals surface area contributed by atoms with Gasteiger partial charge in [-0.3, -0.25) is 4.79 Å². The summed E-state index contributed by atoms with van der Waals surface area (Å²) in [5.41, 5.74) is 0.804. The van der Waals surface area contributed by atoms with Crippen molar-refractivity contribution in [3.8, 4) is 5.75 Å². The van der Waals surface area contributed by atoms with Crippen LogP contribution in [-0.2, 0) is 4.79 Å². The van der Waals surface area contributed by atoms with Crippen LogP contribution in [0.15, 0.2) is 54.6 Å². The maximum Gasteiger partial charge on any atom is 0.573 e. The van der Waals surface area contributed by atoms with E-state index in [0.29, 0.717) is 5.56 Å². The Morgan fingerprint density at radius 2 is 1.70 bits per heavy atom. The molecule has 2 aromatic carbocycles. The fourth-order valence-electron chi connectivity index (χ4n) is 2.12. The summed E-state index contributed by atoms with van der Waals surface area (Å²) in [5.74, 6) is -1.17. The van der Waals surface area contributed by atoms with E-state index in [2.05, 4.69) is 10.1 Å². The number of benzene rings is 2. The van der Waals surface area contributed by atoms with E-state index in [1.54, 1.807) is 36.4 Å². The van der Waals surface area contributed by atoms with Gasteiger partial charge in [0.15, 0.2) is 0 Å². The average Bonchev–Trinajstić information content (AvgIpc) is 2.52. The maximum absolute atomic E-state index is 12.6. The molecule has 122 valence electrons. The molecule has 0 aliphatic heterocycles. The Bertz CT molecular complexity index is 662. The minimum Gasteiger partial charge on any atom is -0.405 e. The molecule has 0 spiro atoms. The van der Waals surface area contributed by atoms with Gasteiger partial charge in [-0.2, -0.15) is 0 Å². The Kier molecular flexibility index (Phi) is 5.50. The monoisotopic (exact) mass is 343 g/mol. The van der Waals surface area contributed by atoms with Crippen LogP contribution in [0.25, 0.3) is 0 Å². The van der Waals surface area contributed by atoms with Gasteiger partial charge >= 0.3 is 6.36 Å². The number of carbonyl (C=O) groups is 1. The second-order valence-electron chi connectivity index (χ2n) is 4.63. The summed E-state index contributed by atoms with van der Waals surface area (Å²) in [4.78, 5) is 11.7. The van der Waals surface area contributed by atoms with Crippen LogP contribution in [0.3, 0.4) is 0 Å². The van der Waals surface area contributed by atoms with Crippen LogP contribution in [-0.4, -0.2) is 18.1 Å². The molecule has 0 fully saturated rings. The molecule has 1 atom stereocenters. The quantitative estimate of drug-likeness (QED) is 0.832. The van der Waals surface area contributed by atoms with Crippen molar-refractivity contribution in [2.24, 2.45) is 0 Å². The molecule has 0 heterocycles. The van der Waals surface area contributed by atoms with Crippen molar-refractivity contribution < 1.29 is 22.7 Å². The molecule has 0 bridgehead atoms. The van der Waals surface area contributed by atoms with Gasteiger partial charge in [0.1, 0.15) is 11.6 Å². The fourth-order valence-corrected chi connectivity index (χ4v) is 2.20. The molecule has 7 heteroatoms. The highest BCUT2D eigenvalue weighted by Gasteiger charge is 2.33. The summed E-state index contributed by atoms with van der Waals surface area (Å²) >= 11 is 5.49. The van der Waals surface area contributed by atoms with Crippen LogP contribution >= 0.6 is 11.6 Å². The number of hydrogen-bond donors (Lipinski definition) is 1. The Labute approximate surface area is 136 Å². The Morgan fingerprint density at radius 1 is 1.09 bits per heavy atom. The SMILES string of the molecule is O=C(CCl)NC(c1ccccc1)c1ccccc1OC(F)(F)F. The highest BCUT2D eigenvalue weighted by Crippen LogP contribution is 2.33. The third-order valence-electron chi connectivity index (χ3n) is 3.02. The van der Waals surface area contributed by atoms with Crippen LogP contribution in [0.2, 0.25) is 0 Å². The normalized spacial score (nSPS) is 12.5. The van der Waals surface area contributed by atoms with Crippen molar-refractivity contribution in [2.45, 2.75) is 12.4 Å². The van der Waals surface area contributed by atoms with Crippen LogP contribution in [0.4, 0.5) is 13.2 Å². The molecule has 2 aromatic rings. The molecule has 0 radical (unpaired) electrons. The third-order valence-corrected chi connectivity index (χ3v) is 3.26. The molecular formula is C16H13ClF3NO2. The van der Waals surface area contributed by atoms with Crippen molar-refractivity contribution in [3.63, 3.8) is 0 Å². The molecule has 3 nitrogen and oxygen atoms in total. The standard InChI is InChI=1S/C16H13ClF3NO2/c17-10-14(22)21-15(11-6-2-1-3-7-11)12-8-4-5-9-13(12)23-16(18,19)20/h1-9,15H,10H2,(H,21,22). The Morgan fingerprint density at radius 3 is 2.30 bits per heavy atom. The van der Waals surface area contributed by atoms with Crippen LogP contribution < -0.4 is 10.1 Å². The van der Waals surface area contributed by atoms with E-state index in [4.69, 9.17) is 11.6 Å². The average molecular weight is 344 g/mol. The largest absolute Gasteiger partial charge is 0.573 e. The van der Waals surface area contributed by atoms with Crippen molar-refractivity contribution in [2.75, 3.05) is 5.88 Å². The molecule has 0 aliphatic carbocycles. The van der Waals surface area contributed by atoms with Crippen molar-refractivity contribution in [1.29, 1.82) is 0 Å². The van der Waals surface area contributed by atoms with Gasteiger partial charge in [0.2, 0.25) is 5.91 Å². The summed E-state index contributed by atoms with van der Waals surface area (Å²) in [6.07, 6.45) is -4.83. The molecule has 1 N–H and O–H groups in total. The molecule has 0 saturated carbocycles. The summed E-state index contributed by atoms with van der Waals surface area (Å²) in [6, 6.07) is 13.5. The number of halogens is 4. The van der Waals surface area contributed by atoms with Gasteiger partial charge in [0.25, 0.3) is 0 Å². The van der Waals surface area contributed by atoms with E-state index in [0.717, 1.165) is 0 Å². The van der Waals surface area contributed by atoms with E-state index < -0.39 is 18.3 Å². The summed E-state index contributed by atoms with van der Waals surface area (Å²) in [5, 5.41) is 2.61. The highest BCUT2D eigenvalue weighted by molar-refractivity contribution is 6.27. The topological polar surface area (TPSA) is 38.3 Å². The van der Waals surface area contributed by atoms with Gasteiger partial charge in [-0.1, -0.05) is 48.5 Å². The molecule has 1 unspecified atom stereocenters. The first-order chi connectivity index (χ1) is 10.9. The van der Waals surface area contributed by atoms with Gasteiger partial charge in [-0.05, 0) is 11.6 Å². The predicted octanol–water partition coefficient (Wildman–Crippen LogP) is 4.03. The van der Waals surface area contributed by atoms with Crippen LogP contribution in [0.1, 0.15) is 17.2 Å². The smallest absolute Gasteiger partial charge is 0.405 e. The number of amides is 1. The van der Waals surface area contributed by atoms with Crippen LogP contribution in [0, 0.1) is 0 Å². The zero-order valence-electron chi connectivity index (χ0n) is 11.8. The first-order valence-electron chi connectivity index (χ1n) is 6.65. The Balaban J connectivity index is 2.45. The van der Waals surface area contributed by atoms with Gasteiger partial charge in [-0.25, -0.2) is 0 Å². The second kappa shape index (κ2) is 7.37. The fraction of sp³-hybridized carbons (Fsp3) is 0.188. The Hall–Kier alpha value is -2.21. The second-order valence-corrected chi connectivity index (χ2v) is 4.90. The van der Waals surface area contributed by atoms with Gasteiger partial charge < -0.3 is 10.1 Å². The summed E-state index contributed by atoms with van der Waals surface area (Å²) in [6.45, 7) is 0. The molecule has 0 aliphatic rings. The van der Waals surface area contributed by atoms with E-state index in [9.17, 15) is 18.0 Å². The lowest BCUT2D eigenvalue weighted by Crippen LogP contribution is -2.31. The molecule has 23 heavy (non-hydrogen) atoms. The molecular weight excluding hydrogens is 331 g/mol. The number of para-hydroxylation sites is 1. The zero-order chi connectivity index (χ0) is 16.9. The lowest BCUT2D eigenvalue weighted by Gasteiger charge is -2.22. The highest BCUT2D eigenvalue weighted by atomic mass is 35.5. The molecule has 0 saturated heterocycles. The first kappa shape index (κ1) is 17.1. The van der Waals surface area contributed by atoms with Crippen molar-refractivity contribution in [1.82, 2.24) is 5.32 Å².